The molecule has 0 saturated carbocycles. The Balaban J connectivity index is 2.21. The zero-order chi connectivity index (χ0) is 14.7. The highest BCUT2D eigenvalue weighted by atomic mass is 79.9. The molecule has 4 N–H and O–H groups in total. The lowest BCUT2D eigenvalue weighted by molar-refractivity contribution is 0.102. The number of carbonyl (C=O) groups excluding carboxylic acids is 1. The number of anilines is 2. The van der Waals surface area contributed by atoms with E-state index in [0.29, 0.717) is 17.1 Å². The van der Waals surface area contributed by atoms with Gasteiger partial charge in [0.15, 0.2) is 5.82 Å². The van der Waals surface area contributed by atoms with Crippen LogP contribution in [0.1, 0.15) is 15.9 Å². The SMILES string of the molecule is Cc1cc(Br)cc(NC(=O)c2cnc(NN)c(Cl)c2)c1. The van der Waals surface area contributed by atoms with Crippen LogP contribution in [0.25, 0.3) is 0 Å². The van der Waals surface area contributed by atoms with Crippen molar-refractivity contribution in [2.75, 3.05) is 10.7 Å². The zero-order valence-corrected chi connectivity index (χ0v) is 12.9. The van der Waals surface area contributed by atoms with E-state index in [0.717, 1.165) is 10.0 Å². The van der Waals surface area contributed by atoms with E-state index in [-0.39, 0.29) is 10.9 Å². The van der Waals surface area contributed by atoms with Crippen molar-refractivity contribution in [3.63, 3.8) is 0 Å². The molecular formula is C13H12BrClN4O. The van der Waals surface area contributed by atoms with E-state index >= 15 is 0 Å². The van der Waals surface area contributed by atoms with Crippen molar-refractivity contribution in [3.05, 3.63) is 51.1 Å². The van der Waals surface area contributed by atoms with E-state index in [2.05, 4.69) is 31.7 Å². The molecule has 20 heavy (non-hydrogen) atoms. The van der Waals surface area contributed by atoms with Gasteiger partial charge in [0.1, 0.15) is 0 Å². The highest BCUT2D eigenvalue weighted by molar-refractivity contribution is 9.10. The molecule has 0 aliphatic rings. The molecular weight excluding hydrogens is 344 g/mol. The monoisotopic (exact) mass is 354 g/mol. The summed E-state index contributed by atoms with van der Waals surface area (Å²) in [5, 5.41) is 3.07. The number of hydrazine groups is 1. The van der Waals surface area contributed by atoms with Crippen molar-refractivity contribution in [2.45, 2.75) is 6.92 Å². The lowest BCUT2D eigenvalue weighted by Gasteiger charge is -2.08. The summed E-state index contributed by atoms with van der Waals surface area (Å²) in [7, 11) is 0. The molecule has 0 saturated heterocycles. The largest absolute Gasteiger partial charge is 0.322 e. The van der Waals surface area contributed by atoms with Crippen LogP contribution < -0.4 is 16.6 Å². The Kier molecular flexibility index (Phi) is 4.59. The number of halogens is 2. The van der Waals surface area contributed by atoms with Gasteiger partial charge in [0, 0.05) is 16.4 Å². The molecule has 0 bridgehead atoms. The molecule has 0 aliphatic carbocycles. The van der Waals surface area contributed by atoms with Crippen LogP contribution in [0.5, 0.6) is 0 Å². The minimum absolute atomic E-state index is 0.283. The number of amides is 1. The molecule has 2 aromatic rings. The maximum atomic E-state index is 12.1. The fourth-order valence-corrected chi connectivity index (χ4v) is 2.51. The zero-order valence-electron chi connectivity index (χ0n) is 10.6. The molecule has 1 heterocycles. The Bertz CT molecular complexity index is 643. The Labute approximate surface area is 129 Å². The number of carbonyl (C=O) groups is 1. The van der Waals surface area contributed by atoms with E-state index in [9.17, 15) is 4.79 Å². The first-order valence-corrected chi connectivity index (χ1v) is 6.87. The van der Waals surface area contributed by atoms with Gasteiger partial charge in [-0.15, -0.1) is 0 Å². The number of nitrogens with two attached hydrogens (primary N) is 1. The predicted molar refractivity (Wildman–Crippen MR) is 83.9 cm³/mol. The molecule has 0 fully saturated rings. The summed E-state index contributed by atoms with van der Waals surface area (Å²) >= 11 is 9.32. The van der Waals surface area contributed by atoms with Crippen molar-refractivity contribution >= 4 is 44.9 Å². The van der Waals surface area contributed by atoms with Gasteiger partial charge in [-0.25, -0.2) is 10.8 Å². The fourth-order valence-electron chi connectivity index (χ4n) is 1.68. The summed E-state index contributed by atoms with van der Waals surface area (Å²) in [6, 6.07) is 7.14. The number of aromatic nitrogens is 1. The molecule has 1 aromatic heterocycles. The highest BCUT2D eigenvalue weighted by Crippen LogP contribution is 2.22. The van der Waals surface area contributed by atoms with Gasteiger partial charge in [-0.05, 0) is 36.8 Å². The van der Waals surface area contributed by atoms with E-state index in [1.807, 2.05) is 25.1 Å². The number of rotatable bonds is 3. The molecule has 1 amide bonds. The summed E-state index contributed by atoms with van der Waals surface area (Å²) in [5.74, 6) is 5.26. The molecule has 1 aromatic carbocycles. The molecule has 2 rings (SSSR count). The van der Waals surface area contributed by atoms with E-state index in [4.69, 9.17) is 17.4 Å². The first-order valence-electron chi connectivity index (χ1n) is 5.70. The minimum atomic E-state index is -0.291. The lowest BCUT2D eigenvalue weighted by Crippen LogP contribution is -2.14. The van der Waals surface area contributed by atoms with Crippen molar-refractivity contribution < 1.29 is 4.79 Å². The van der Waals surface area contributed by atoms with Crippen molar-refractivity contribution in [1.29, 1.82) is 0 Å². The number of nitrogens with zero attached hydrogens (tertiary/aromatic N) is 1. The Morgan fingerprint density at radius 1 is 1.35 bits per heavy atom. The average molecular weight is 356 g/mol. The molecule has 0 radical (unpaired) electrons. The number of hydrogen-bond donors (Lipinski definition) is 3. The highest BCUT2D eigenvalue weighted by Gasteiger charge is 2.10. The van der Waals surface area contributed by atoms with Gasteiger partial charge in [0.05, 0.1) is 10.6 Å². The number of benzene rings is 1. The maximum absolute atomic E-state index is 12.1. The van der Waals surface area contributed by atoms with Crippen molar-refractivity contribution in [1.82, 2.24) is 4.98 Å². The summed E-state index contributed by atoms with van der Waals surface area (Å²) in [4.78, 5) is 16.1. The summed E-state index contributed by atoms with van der Waals surface area (Å²) in [5.41, 5.74) is 4.43. The Morgan fingerprint density at radius 3 is 2.70 bits per heavy atom. The second-order valence-electron chi connectivity index (χ2n) is 4.17. The topological polar surface area (TPSA) is 80.0 Å². The third kappa shape index (κ3) is 3.47. The number of aryl methyl sites for hydroxylation is 1. The van der Waals surface area contributed by atoms with Crippen LogP contribution in [0.3, 0.4) is 0 Å². The van der Waals surface area contributed by atoms with Crippen LogP contribution in [-0.2, 0) is 0 Å². The third-order valence-electron chi connectivity index (χ3n) is 2.54. The van der Waals surface area contributed by atoms with Gasteiger partial charge < -0.3 is 10.7 Å². The second-order valence-corrected chi connectivity index (χ2v) is 5.49. The minimum Gasteiger partial charge on any atom is -0.322 e. The van der Waals surface area contributed by atoms with Crippen LogP contribution in [0.15, 0.2) is 34.9 Å². The van der Waals surface area contributed by atoms with Gasteiger partial charge in [0.2, 0.25) is 0 Å². The third-order valence-corrected chi connectivity index (χ3v) is 3.29. The molecule has 7 heteroatoms. The van der Waals surface area contributed by atoms with Gasteiger partial charge in [-0.3, -0.25) is 4.79 Å². The quantitative estimate of drug-likeness (QED) is 0.583. The lowest BCUT2D eigenvalue weighted by atomic mass is 10.2. The fraction of sp³-hybridized carbons (Fsp3) is 0.0769. The number of nitrogens with one attached hydrogen (secondary N) is 2. The van der Waals surface area contributed by atoms with E-state index in [1.165, 1.54) is 12.3 Å². The van der Waals surface area contributed by atoms with Gasteiger partial charge in [0.25, 0.3) is 5.91 Å². The Hall–Kier alpha value is -1.63. The van der Waals surface area contributed by atoms with E-state index in [1.54, 1.807) is 0 Å². The summed E-state index contributed by atoms with van der Waals surface area (Å²) in [6.45, 7) is 1.94. The van der Waals surface area contributed by atoms with Crippen molar-refractivity contribution in [3.8, 4) is 0 Å². The summed E-state index contributed by atoms with van der Waals surface area (Å²) < 4.78 is 0.895. The predicted octanol–water partition coefficient (Wildman–Crippen LogP) is 3.34. The van der Waals surface area contributed by atoms with Crippen LogP contribution in [0, 0.1) is 6.92 Å². The standard InChI is InChI=1S/C13H12BrClN4O/c1-7-2-9(14)5-10(3-7)18-13(20)8-4-11(15)12(19-16)17-6-8/h2-6H,16H2,1H3,(H,17,19)(H,18,20). The van der Waals surface area contributed by atoms with Crippen LogP contribution >= 0.6 is 27.5 Å². The van der Waals surface area contributed by atoms with Gasteiger partial charge in [-0.2, -0.15) is 0 Å². The molecule has 0 atom stereocenters. The normalized spacial score (nSPS) is 10.2. The van der Waals surface area contributed by atoms with Gasteiger partial charge in [-0.1, -0.05) is 27.5 Å². The van der Waals surface area contributed by atoms with Crippen LogP contribution in [0.2, 0.25) is 5.02 Å². The molecule has 0 aliphatic heterocycles. The summed E-state index contributed by atoms with van der Waals surface area (Å²) in [6.07, 6.45) is 1.40. The van der Waals surface area contributed by atoms with Crippen molar-refractivity contribution in [2.24, 2.45) is 5.84 Å². The van der Waals surface area contributed by atoms with E-state index < -0.39 is 0 Å². The number of nitrogen functional groups attached to an aromatic ring is 1. The van der Waals surface area contributed by atoms with Gasteiger partial charge >= 0.3 is 0 Å². The van der Waals surface area contributed by atoms with Crippen LogP contribution in [0.4, 0.5) is 11.5 Å². The molecule has 0 spiro atoms. The second kappa shape index (κ2) is 6.21. The molecule has 0 unspecified atom stereocenters. The first kappa shape index (κ1) is 14.8. The molecule has 104 valence electrons. The average Bonchev–Trinajstić information content (AvgIpc) is 2.37. The van der Waals surface area contributed by atoms with Crippen LogP contribution in [-0.4, -0.2) is 10.9 Å². The smallest absolute Gasteiger partial charge is 0.257 e. The molecule has 5 nitrogen and oxygen atoms in total. The first-order chi connectivity index (χ1) is 9.49. The number of hydrogen-bond acceptors (Lipinski definition) is 4. The Morgan fingerprint density at radius 2 is 2.10 bits per heavy atom. The number of pyridine rings is 1. The maximum Gasteiger partial charge on any atom is 0.257 e.